The minimum atomic E-state index is -0.0448. The normalized spacial score (nSPS) is 12.7. The van der Waals surface area contributed by atoms with Gasteiger partial charge in [-0.05, 0) is 125 Å². The van der Waals surface area contributed by atoms with Crippen LogP contribution >= 0.6 is 11.8 Å². The van der Waals surface area contributed by atoms with Crippen LogP contribution in [0.1, 0.15) is 0 Å². The monoisotopic (exact) mass is 835 g/mol. The maximum absolute atomic E-state index is 7.34. The molecule has 3 heterocycles. The average molecular weight is 836 g/mol. The molecule has 0 saturated heterocycles. The van der Waals surface area contributed by atoms with Crippen molar-refractivity contribution in [2.45, 2.75) is 9.79 Å². The van der Waals surface area contributed by atoms with E-state index in [0.717, 1.165) is 57.0 Å². The van der Waals surface area contributed by atoms with Crippen LogP contribution in [0.3, 0.4) is 0 Å². The third kappa shape index (κ3) is 5.80. The van der Waals surface area contributed by atoms with Crippen molar-refractivity contribution in [2.24, 2.45) is 0 Å². The number of fused-ring (bicyclic) bond motifs is 6. The fourth-order valence-electron chi connectivity index (χ4n) is 10.2. The molecule has 4 nitrogen and oxygen atoms in total. The molecule has 3 aliphatic heterocycles. The van der Waals surface area contributed by atoms with Crippen molar-refractivity contribution in [3.63, 3.8) is 0 Å². The number of hydrogen-bond donors (Lipinski definition) is 0. The van der Waals surface area contributed by atoms with Gasteiger partial charge in [-0.15, -0.1) is 0 Å². The first kappa shape index (κ1) is 36.7. The van der Waals surface area contributed by atoms with Crippen LogP contribution in [0.25, 0.3) is 21.9 Å². The van der Waals surface area contributed by atoms with Crippen molar-refractivity contribution in [2.75, 3.05) is 14.7 Å². The largest absolute Gasteiger partial charge is 0.458 e. The average Bonchev–Trinajstić information content (AvgIpc) is 3.36. The van der Waals surface area contributed by atoms with E-state index in [1.807, 2.05) is 11.8 Å². The smallest absolute Gasteiger partial charge is 0.256 e. The first-order chi connectivity index (χ1) is 31.8. The Balaban J connectivity index is 1.02. The second kappa shape index (κ2) is 14.9. The Morgan fingerprint density at radius 3 is 1.66 bits per heavy atom. The third-order valence-electron chi connectivity index (χ3n) is 12.8. The van der Waals surface area contributed by atoms with Crippen LogP contribution in [0.4, 0.5) is 51.2 Å². The highest BCUT2D eigenvalue weighted by molar-refractivity contribution is 7.99. The molecule has 64 heavy (non-hydrogen) atoms. The summed E-state index contributed by atoms with van der Waals surface area (Å²) in [5.74, 6) is 1.75. The van der Waals surface area contributed by atoms with E-state index in [1.54, 1.807) is 0 Å². The lowest BCUT2D eigenvalue weighted by atomic mass is 9.34. The summed E-state index contributed by atoms with van der Waals surface area (Å²) in [5.41, 5.74) is 16.0. The van der Waals surface area contributed by atoms with Crippen LogP contribution in [0.15, 0.2) is 240 Å². The van der Waals surface area contributed by atoms with E-state index >= 15 is 0 Å². The van der Waals surface area contributed by atoms with Crippen LogP contribution in [0.5, 0.6) is 11.5 Å². The topological polar surface area (TPSA) is 19.0 Å². The van der Waals surface area contributed by atoms with E-state index in [0.29, 0.717) is 0 Å². The van der Waals surface area contributed by atoms with Gasteiger partial charge < -0.3 is 19.4 Å². The highest BCUT2D eigenvalue weighted by atomic mass is 32.2. The Kier molecular flexibility index (Phi) is 8.53. The van der Waals surface area contributed by atoms with Gasteiger partial charge in [0.25, 0.3) is 6.71 Å². The Morgan fingerprint density at radius 1 is 0.406 bits per heavy atom. The highest BCUT2D eigenvalue weighted by Gasteiger charge is 2.43. The van der Waals surface area contributed by atoms with Crippen LogP contribution in [-0.4, -0.2) is 6.71 Å². The summed E-state index contributed by atoms with van der Waals surface area (Å²) in [7, 11) is 0. The number of hydrogen-bond acceptors (Lipinski definition) is 5. The van der Waals surface area contributed by atoms with Gasteiger partial charge in [0.1, 0.15) is 11.5 Å². The lowest BCUT2D eigenvalue weighted by Gasteiger charge is -2.41. The van der Waals surface area contributed by atoms with Gasteiger partial charge in [0.15, 0.2) is 0 Å². The van der Waals surface area contributed by atoms with Gasteiger partial charge in [-0.3, -0.25) is 0 Å². The van der Waals surface area contributed by atoms with Crippen molar-refractivity contribution in [3.05, 3.63) is 231 Å². The second-order valence-corrected chi connectivity index (χ2v) is 17.5. The van der Waals surface area contributed by atoms with Crippen LogP contribution in [-0.2, 0) is 0 Å². The first-order valence-electron chi connectivity index (χ1n) is 21.8. The molecule has 3 aliphatic rings. The molecule has 300 valence electrons. The SMILES string of the molecule is c1ccc(N(c2ccccc2)c2cc3c4c(c2)N(c2ccccc2)c2ccccc2B4c2cc4c(cc2O3)-c2ccc(N(c3ccccc3)c3ccccc3)c3cccc(c23)S4)cc1. The van der Waals surface area contributed by atoms with Crippen molar-refractivity contribution in [3.8, 4) is 22.6 Å². The molecule has 0 spiro atoms. The molecule has 6 heteroatoms. The summed E-state index contributed by atoms with van der Waals surface area (Å²) in [5, 5.41) is 2.47. The fraction of sp³-hybridized carbons (Fsp3) is 0. The van der Waals surface area contributed by atoms with Crippen molar-refractivity contribution in [1.29, 1.82) is 0 Å². The summed E-state index contributed by atoms with van der Waals surface area (Å²) in [6.45, 7) is -0.0448. The summed E-state index contributed by atoms with van der Waals surface area (Å²) >= 11 is 1.87. The zero-order chi connectivity index (χ0) is 42.1. The number of ether oxygens (including phenoxy) is 1. The molecule has 0 amide bonds. The maximum Gasteiger partial charge on any atom is 0.256 e. The van der Waals surface area contributed by atoms with Crippen LogP contribution < -0.4 is 35.8 Å². The minimum absolute atomic E-state index is 0.0448. The molecule has 0 aliphatic carbocycles. The molecule has 0 aromatic heterocycles. The Morgan fingerprint density at radius 2 is 1.00 bits per heavy atom. The molecule has 0 bridgehead atoms. The molecule has 0 radical (unpaired) electrons. The lowest BCUT2D eigenvalue weighted by molar-refractivity contribution is 0.487. The summed E-state index contributed by atoms with van der Waals surface area (Å²) < 4.78 is 7.34. The highest BCUT2D eigenvalue weighted by Crippen LogP contribution is 2.53. The van der Waals surface area contributed by atoms with Crippen LogP contribution in [0.2, 0.25) is 0 Å². The quantitative estimate of drug-likeness (QED) is 0.149. The van der Waals surface area contributed by atoms with Gasteiger partial charge in [0.2, 0.25) is 0 Å². The molecular formula is C58H38BN3OS. The molecule has 0 saturated carbocycles. The Bertz CT molecular complexity index is 3330. The third-order valence-corrected chi connectivity index (χ3v) is 13.9. The molecule has 0 fully saturated rings. The Labute approximate surface area is 377 Å². The van der Waals surface area contributed by atoms with E-state index in [2.05, 4.69) is 245 Å². The molecule has 0 atom stereocenters. The predicted molar refractivity (Wildman–Crippen MR) is 269 cm³/mol. The minimum Gasteiger partial charge on any atom is -0.458 e. The van der Waals surface area contributed by atoms with Crippen molar-refractivity contribution >= 4 is 96.8 Å². The number of para-hydroxylation sites is 6. The molecular weight excluding hydrogens is 798 g/mol. The number of benzene rings is 10. The Hall–Kier alpha value is -7.93. The van der Waals surface area contributed by atoms with Gasteiger partial charge in [0, 0.05) is 66.4 Å². The molecule has 10 aromatic carbocycles. The van der Waals surface area contributed by atoms with Gasteiger partial charge in [0.05, 0.1) is 11.4 Å². The number of nitrogens with zero attached hydrogens (tertiary/aromatic N) is 3. The predicted octanol–water partition coefficient (Wildman–Crippen LogP) is 14.3. The zero-order valence-corrected chi connectivity index (χ0v) is 35.5. The molecule has 0 N–H and O–H groups in total. The molecule has 0 unspecified atom stereocenters. The fourth-order valence-corrected chi connectivity index (χ4v) is 11.3. The summed E-state index contributed by atoms with van der Waals surface area (Å²) in [6.07, 6.45) is 0. The van der Waals surface area contributed by atoms with Crippen molar-refractivity contribution in [1.82, 2.24) is 0 Å². The molecule has 10 aromatic rings. The van der Waals surface area contributed by atoms with Crippen LogP contribution in [0, 0.1) is 0 Å². The van der Waals surface area contributed by atoms with Crippen molar-refractivity contribution < 1.29 is 4.74 Å². The molecule has 13 rings (SSSR count). The number of anilines is 9. The summed E-state index contributed by atoms with van der Waals surface area (Å²) in [6, 6.07) is 83.0. The van der Waals surface area contributed by atoms with Gasteiger partial charge in [-0.1, -0.05) is 139 Å². The van der Waals surface area contributed by atoms with Gasteiger partial charge >= 0.3 is 0 Å². The van der Waals surface area contributed by atoms with Gasteiger partial charge in [-0.25, -0.2) is 0 Å². The van der Waals surface area contributed by atoms with E-state index in [-0.39, 0.29) is 6.71 Å². The number of rotatable bonds is 7. The zero-order valence-electron chi connectivity index (χ0n) is 34.7. The standard InChI is InChI=1S/C58H38BN3OS/c1-6-19-39(20-7-1)60(40-21-8-2-9-22-40)44-35-52-58-54(36-44)63-53-37-47-45-33-34-50(61(41-23-10-3-11-24-41)42-25-12-4-13-26-42)46-29-18-32-55(57(45)46)64-56(47)38-49(53)59(58)48-30-16-17-31-51(48)62(52)43-27-14-5-15-28-43/h1-38H. The second-order valence-electron chi connectivity index (χ2n) is 16.5. The maximum atomic E-state index is 7.34. The van der Waals surface area contributed by atoms with E-state index in [9.17, 15) is 0 Å². The van der Waals surface area contributed by atoms with E-state index < -0.39 is 0 Å². The van der Waals surface area contributed by atoms with E-state index in [1.165, 1.54) is 53.8 Å². The summed E-state index contributed by atoms with van der Waals surface area (Å²) in [4.78, 5) is 9.63. The lowest BCUT2D eigenvalue weighted by Crippen LogP contribution is -2.59. The van der Waals surface area contributed by atoms with E-state index in [4.69, 9.17) is 4.74 Å². The van der Waals surface area contributed by atoms with Gasteiger partial charge in [-0.2, -0.15) is 0 Å². The first-order valence-corrected chi connectivity index (χ1v) is 22.6.